The summed E-state index contributed by atoms with van der Waals surface area (Å²) in [5.41, 5.74) is 2.01. The molecule has 0 bridgehead atoms. The zero-order valence-corrected chi connectivity index (χ0v) is 16.8. The van der Waals surface area contributed by atoms with Gasteiger partial charge in [-0.25, -0.2) is 4.39 Å². The molecule has 132 valence electrons. The summed E-state index contributed by atoms with van der Waals surface area (Å²) in [7, 11) is 3.65. The lowest BCUT2D eigenvalue weighted by atomic mass is 9.84. The van der Waals surface area contributed by atoms with Crippen molar-refractivity contribution in [3.63, 3.8) is 0 Å². The number of aliphatic imine (C=N–C) groups is 1. The van der Waals surface area contributed by atoms with Crippen molar-refractivity contribution < 1.29 is 4.39 Å². The molecule has 7 heteroatoms. The van der Waals surface area contributed by atoms with Crippen LogP contribution in [-0.2, 0) is 19.0 Å². The number of benzene rings is 1. The van der Waals surface area contributed by atoms with Gasteiger partial charge in [-0.3, -0.25) is 9.67 Å². The second kappa shape index (κ2) is 9.00. The van der Waals surface area contributed by atoms with Crippen LogP contribution in [0, 0.1) is 5.82 Å². The molecule has 0 saturated heterocycles. The van der Waals surface area contributed by atoms with Crippen LogP contribution in [0.4, 0.5) is 4.39 Å². The molecule has 2 rings (SSSR count). The van der Waals surface area contributed by atoms with E-state index in [9.17, 15) is 4.39 Å². The Morgan fingerprint density at radius 2 is 1.88 bits per heavy atom. The van der Waals surface area contributed by atoms with Gasteiger partial charge in [0.15, 0.2) is 5.96 Å². The fourth-order valence-electron chi connectivity index (χ4n) is 2.28. The topological polar surface area (TPSA) is 54.2 Å². The zero-order chi connectivity index (χ0) is 16.9. The predicted molar refractivity (Wildman–Crippen MR) is 106 cm³/mol. The molecule has 1 aromatic carbocycles. The average Bonchev–Trinajstić information content (AvgIpc) is 2.93. The smallest absolute Gasteiger partial charge is 0.191 e. The van der Waals surface area contributed by atoms with Crippen LogP contribution in [0.15, 0.2) is 41.5 Å². The van der Waals surface area contributed by atoms with Gasteiger partial charge in [0.25, 0.3) is 0 Å². The van der Waals surface area contributed by atoms with Gasteiger partial charge in [0, 0.05) is 32.3 Å². The molecule has 2 N–H and O–H groups in total. The summed E-state index contributed by atoms with van der Waals surface area (Å²) < 4.78 is 14.9. The second-order valence-corrected chi connectivity index (χ2v) is 6.12. The molecular weight excluding hydrogens is 420 g/mol. The predicted octanol–water partition coefficient (Wildman–Crippen LogP) is 2.82. The van der Waals surface area contributed by atoms with Gasteiger partial charge in [-0.15, -0.1) is 24.0 Å². The van der Waals surface area contributed by atoms with Gasteiger partial charge in [-0.05, 0) is 23.8 Å². The summed E-state index contributed by atoms with van der Waals surface area (Å²) in [5, 5.41) is 10.7. The van der Waals surface area contributed by atoms with Crippen LogP contribution in [0.5, 0.6) is 0 Å². The minimum Gasteiger partial charge on any atom is -0.356 e. The highest BCUT2D eigenvalue weighted by Crippen LogP contribution is 2.22. The van der Waals surface area contributed by atoms with Crippen LogP contribution in [0.1, 0.15) is 25.1 Å². The van der Waals surface area contributed by atoms with Crippen molar-refractivity contribution in [2.24, 2.45) is 12.0 Å². The second-order valence-electron chi connectivity index (χ2n) is 6.12. The Hall–Kier alpha value is -1.64. The van der Waals surface area contributed by atoms with Crippen LogP contribution >= 0.6 is 24.0 Å². The zero-order valence-electron chi connectivity index (χ0n) is 14.5. The minimum absolute atomic E-state index is 0. The summed E-state index contributed by atoms with van der Waals surface area (Å²) in [6.07, 6.45) is 1.77. The van der Waals surface area contributed by atoms with E-state index in [1.807, 2.05) is 29.9 Å². The lowest BCUT2D eigenvalue weighted by molar-refractivity contribution is 0.506. The molecule has 24 heavy (non-hydrogen) atoms. The average molecular weight is 445 g/mol. The summed E-state index contributed by atoms with van der Waals surface area (Å²) in [5.74, 6) is 0.507. The number of hydrogen-bond acceptors (Lipinski definition) is 2. The fraction of sp³-hybridized carbons (Fsp3) is 0.412. The number of hydrogen-bond donors (Lipinski definition) is 2. The summed E-state index contributed by atoms with van der Waals surface area (Å²) in [6.45, 7) is 5.56. The van der Waals surface area contributed by atoms with Crippen molar-refractivity contribution in [3.05, 3.63) is 53.6 Å². The Morgan fingerprint density at radius 3 is 2.42 bits per heavy atom. The number of aromatic nitrogens is 2. The molecule has 0 spiro atoms. The van der Waals surface area contributed by atoms with Crippen LogP contribution in [-0.4, -0.2) is 29.3 Å². The maximum atomic E-state index is 13.1. The van der Waals surface area contributed by atoms with Gasteiger partial charge >= 0.3 is 0 Å². The van der Waals surface area contributed by atoms with Crippen molar-refractivity contribution in [2.75, 3.05) is 13.6 Å². The third-order valence-electron chi connectivity index (χ3n) is 3.91. The third-order valence-corrected chi connectivity index (χ3v) is 3.91. The molecule has 0 aliphatic carbocycles. The van der Waals surface area contributed by atoms with E-state index in [1.54, 1.807) is 13.2 Å². The standard InChI is InChI=1S/C17H24FN5.HI/c1-17(2,13-5-7-14(18)8-6-13)12-21-16(19-3)20-11-15-9-10-22-23(15)4;/h5-10H,11-12H2,1-4H3,(H2,19,20,21);1H. The molecule has 1 heterocycles. The SMILES string of the molecule is CN=C(NCc1ccnn1C)NCC(C)(C)c1ccc(F)cc1.I. The molecule has 0 fully saturated rings. The number of guanidine groups is 1. The highest BCUT2D eigenvalue weighted by Gasteiger charge is 2.21. The normalized spacial score (nSPS) is 11.8. The first-order valence-corrected chi connectivity index (χ1v) is 7.60. The summed E-state index contributed by atoms with van der Waals surface area (Å²) >= 11 is 0. The van der Waals surface area contributed by atoms with E-state index in [0.29, 0.717) is 13.1 Å². The van der Waals surface area contributed by atoms with Crippen LogP contribution in [0.25, 0.3) is 0 Å². The first-order chi connectivity index (χ1) is 10.9. The minimum atomic E-state index is -0.217. The molecule has 0 aliphatic heterocycles. The highest BCUT2D eigenvalue weighted by atomic mass is 127. The highest BCUT2D eigenvalue weighted by molar-refractivity contribution is 14.0. The largest absolute Gasteiger partial charge is 0.356 e. The van der Waals surface area contributed by atoms with E-state index in [-0.39, 0.29) is 35.2 Å². The van der Waals surface area contributed by atoms with Gasteiger partial charge in [-0.1, -0.05) is 26.0 Å². The molecule has 0 radical (unpaired) electrons. The number of aryl methyl sites for hydroxylation is 1. The van der Waals surface area contributed by atoms with E-state index in [4.69, 9.17) is 0 Å². The van der Waals surface area contributed by atoms with Crippen molar-refractivity contribution in [3.8, 4) is 0 Å². The molecule has 0 amide bonds. The summed E-state index contributed by atoms with van der Waals surface area (Å²) in [4.78, 5) is 4.23. The van der Waals surface area contributed by atoms with Crippen LogP contribution in [0.2, 0.25) is 0 Å². The van der Waals surface area contributed by atoms with Gasteiger partial charge in [0.2, 0.25) is 0 Å². The first kappa shape index (κ1) is 20.4. The van der Waals surface area contributed by atoms with E-state index >= 15 is 0 Å². The molecule has 0 saturated carbocycles. The fourth-order valence-corrected chi connectivity index (χ4v) is 2.28. The molecule has 0 aliphatic rings. The molecule has 0 unspecified atom stereocenters. The number of nitrogens with zero attached hydrogens (tertiary/aromatic N) is 3. The van der Waals surface area contributed by atoms with Crippen molar-refractivity contribution in [1.82, 2.24) is 20.4 Å². The number of rotatable bonds is 5. The summed E-state index contributed by atoms with van der Waals surface area (Å²) in [6, 6.07) is 8.59. The van der Waals surface area contributed by atoms with E-state index in [0.717, 1.165) is 17.2 Å². The van der Waals surface area contributed by atoms with Crippen molar-refractivity contribution in [1.29, 1.82) is 0 Å². The van der Waals surface area contributed by atoms with E-state index < -0.39 is 0 Å². The molecule has 2 aromatic rings. The van der Waals surface area contributed by atoms with Gasteiger partial charge < -0.3 is 10.6 Å². The Morgan fingerprint density at radius 1 is 1.21 bits per heavy atom. The van der Waals surface area contributed by atoms with E-state index in [2.05, 4.69) is 34.6 Å². The molecule has 0 atom stereocenters. The van der Waals surface area contributed by atoms with Crippen LogP contribution < -0.4 is 10.6 Å². The Kier molecular flexibility index (Phi) is 7.65. The Balaban J connectivity index is 0.00000288. The monoisotopic (exact) mass is 445 g/mol. The van der Waals surface area contributed by atoms with Crippen molar-refractivity contribution in [2.45, 2.75) is 25.8 Å². The van der Waals surface area contributed by atoms with E-state index in [1.165, 1.54) is 12.1 Å². The van der Waals surface area contributed by atoms with Crippen LogP contribution in [0.3, 0.4) is 0 Å². The Bertz CT molecular complexity index is 664. The molecular formula is C17H25FIN5. The van der Waals surface area contributed by atoms with Gasteiger partial charge in [0.1, 0.15) is 5.82 Å². The third kappa shape index (κ3) is 5.47. The number of halogens is 2. The number of nitrogens with one attached hydrogen (secondary N) is 2. The first-order valence-electron chi connectivity index (χ1n) is 7.60. The molecule has 1 aromatic heterocycles. The molecule has 5 nitrogen and oxygen atoms in total. The maximum Gasteiger partial charge on any atom is 0.191 e. The van der Waals surface area contributed by atoms with Gasteiger partial charge in [-0.2, -0.15) is 5.10 Å². The van der Waals surface area contributed by atoms with Gasteiger partial charge in [0.05, 0.1) is 12.2 Å². The maximum absolute atomic E-state index is 13.1. The lowest BCUT2D eigenvalue weighted by Gasteiger charge is -2.26. The lowest BCUT2D eigenvalue weighted by Crippen LogP contribution is -2.43. The van der Waals surface area contributed by atoms with Crippen molar-refractivity contribution >= 4 is 29.9 Å². The Labute approximate surface area is 159 Å². The quantitative estimate of drug-likeness (QED) is 0.423.